The van der Waals surface area contributed by atoms with Crippen LogP contribution in [0.4, 0.5) is 5.69 Å². The van der Waals surface area contributed by atoms with Crippen LogP contribution in [0.25, 0.3) is 0 Å². The number of nitro groups is 1. The molecule has 1 N–H and O–H groups in total. The molecule has 0 atom stereocenters. The van der Waals surface area contributed by atoms with Gasteiger partial charge < -0.3 is 9.84 Å². The molecule has 0 aliphatic carbocycles. The van der Waals surface area contributed by atoms with Crippen LogP contribution in [0.5, 0.6) is 5.75 Å². The van der Waals surface area contributed by atoms with E-state index in [9.17, 15) is 10.1 Å². The van der Waals surface area contributed by atoms with Gasteiger partial charge in [-0.3, -0.25) is 10.1 Å². The summed E-state index contributed by atoms with van der Waals surface area (Å²) in [5.74, 6) is 6.01. The number of aliphatic hydroxyl groups excluding tert-OH is 1. The van der Waals surface area contributed by atoms with Crippen molar-refractivity contribution >= 4 is 5.69 Å². The van der Waals surface area contributed by atoms with Crippen molar-refractivity contribution in [3.05, 3.63) is 69.8 Å². The average Bonchev–Trinajstić information content (AvgIpc) is 2.52. The van der Waals surface area contributed by atoms with Gasteiger partial charge in [-0.1, -0.05) is 42.2 Å². The number of rotatable bonds is 4. The number of nitrogens with zero attached hydrogens (tertiary/aromatic N) is 1. The second kappa shape index (κ2) is 7.08. The molecule has 0 aromatic heterocycles. The Kier molecular flexibility index (Phi) is 4.91. The van der Waals surface area contributed by atoms with E-state index in [-0.39, 0.29) is 18.9 Å². The van der Waals surface area contributed by atoms with Crippen molar-refractivity contribution in [3.8, 4) is 17.6 Å². The molecule has 0 aliphatic heterocycles. The van der Waals surface area contributed by atoms with E-state index in [2.05, 4.69) is 11.8 Å². The predicted molar refractivity (Wildman–Crippen MR) is 77.8 cm³/mol. The van der Waals surface area contributed by atoms with E-state index >= 15 is 0 Å². The smallest absolute Gasteiger partial charge is 0.284 e. The fraction of sp³-hybridized carbons (Fsp3) is 0.125. The summed E-state index contributed by atoms with van der Waals surface area (Å²) < 4.78 is 5.45. The number of ether oxygens (including phenoxy) is 1. The summed E-state index contributed by atoms with van der Waals surface area (Å²) in [6, 6.07) is 13.4. The molecule has 106 valence electrons. The van der Waals surface area contributed by atoms with Crippen molar-refractivity contribution in [2.75, 3.05) is 6.61 Å². The summed E-state index contributed by atoms with van der Waals surface area (Å²) in [6.07, 6.45) is 0. The highest BCUT2D eigenvalue weighted by Crippen LogP contribution is 2.18. The minimum absolute atomic E-state index is 0.0271. The maximum absolute atomic E-state index is 10.8. The zero-order valence-electron chi connectivity index (χ0n) is 11.2. The fourth-order valence-electron chi connectivity index (χ4n) is 1.76. The van der Waals surface area contributed by atoms with Crippen LogP contribution in [0.2, 0.25) is 0 Å². The molecule has 0 saturated carbocycles. The van der Waals surface area contributed by atoms with Gasteiger partial charge in [0.15, 0.2) is 0 Å². The molecule has 0 saturated heterocycles. The quantitative estimate of drug-likeness (QED) is 0.531. The highest BCUT2D eigenvalue weighted by atomic mass is 16.6. The summed E-state index contributed by atoms with van der Waals surface area (Å²) in [5.41, 5.74) is 0.993. The first-order valence-electron chi connectivity index (χ1n) is 6.26. The predicted octanol–water partition coefficient (Wildman–Crippen LogP) is 2.52. The molecule has 0 spiro atoms. The molecule has 0 unspecified atom stereocenters. The first-order chi connectivity index (χ1) is 10.2. The van der Waals surface area contributed by atoms with Crippen LogP contribution in [0.3, 0.4) is 0 Å². The molecule has 0 bridgehead atoms. The first kappa shape index (κ1) is 14.6. The van der Waals surface area contributed by atoms with Crippen LogP contribution in [0.15, 0.2) is 48.5 Å². The fourth-order valence-corrected chi connectivity index (χ4v) is 1.76. The molecular formula is C16H13NO4. The van der Waals surface area contributed by atoms with Crippen LogP contribution in [-0.2, 0) is 6.61 Å². The van der Waals surface area contributed by atoms with Gasteiger partial charge in [0.05, 0.1) is 11.5 Å². The van der Waals surface area contributed by atoms with Crippen LogP contribution in [-0.4, -0.2) is 16.6 Å². The molecule has 0 aliphatic rings. The summed E-state index contributed by atoms with van der Waals surface area (Å²) in [5, 5.41) is 20.0. The number of hydrogen-bond acceptors (Lipinski definition) is 4. The van der Waals surface area contributed by atoms with E-state index in [4.69, 9.17) is 9.84 Å². The summed E-state index contributed by atoms with van der Waals surface area (Å²) in [7, 11) is 0. The molecule has 2 aromatic carbocycles. The van der Waals surface area contributed by atoms with Gasteiger partial charge in [0.1, 0.15) is 17.9 Å². The molecule has 0 radical (unpaired) electrons. The largest absolute Gasteiger partial charge is 0.481 e. The topological polar surface area (TPSA) is 72.6 Å². The van der Waals surface area contributed by atoms with Crippen molar-refractivity contribution in [3.63, 3.8) is 0 Å². The summed E-state index contributed by atoms with van der Waals surface area (Å²) >= 11 is 0. The maximum atomic E-state index is 10.8. The zero-order valence-corrected chi connectivity index (χ0v) is 11.2. The summed E-state index contributed by atoms with van der Waals surface area (Å²) in [6.45, 7) is -0.0309. The maximum Gasteiger partial charge on any atom is 0.284 e. The molecule has 0 heterocycles. The molecule has 2 aromatic rings. The van der Waals surface area contributed by atoms with Crippen molar-refractivity contribution in [2.45, 2.75) is 6.61 Å². The zero-order chi connectivity index (χ0) is 15.1. The Hall–Kier alpha value is -2.84. The van der Waals surface area contributed by atoms with Crippen molar-refractivity contribution in [1.82, 2.24) is 0 Å². The minimum atomic E-state index is -0.466. The van der Waals surface area contributed by atoms with Gasteiger partial charge in [0.2, 0.25) is 0 Å². The highest BCUT2D eigenvalue weighted by Gasteiger charge is 2.09. The standard InChI is InChI=1S/C16H13NO4/c18-12-14-7-2-4-10-16(14)21-11-5-8-13-6-1-3-9-15(13)17(19)20/h1-4,6-7,9-10,18H,11-12H2. The van der Waals surface area contributed by atoms with Crippen molar-refractivity contribution in [2.24, 2.45) is 0 Å². The van der Waals surface area contributed by atoms with Gasteiger partial charge >= 0.3 is 0 Å². The van der Waals surface area contributed by atoms with Gasteiger partial charge in [-0.15, -0.1) is 0 Å². The lowest BCUT2D eigenvalue weighted by Crippen LogP contribution is -1.98. The Morgan fingerprint density at radius 2 is 1.86 bits per heavy atom. The van der Waals surface area contributed by atoms with Crippen LogP contribution < -0.4 is 4.74 Å². The van der Waals surface area contributed by atoms with E-state index in [1.54, 1.807) is 42.5 Å². The minimum Gasteiger partial charge on any atom is -0.481 e. The van der Waals surface area contributed by atoms with Crippen molar-refractivity contribution in [1.29, 1.82) is 0 Å². The first-order valence-corrected chi connectivity index (χ1v) is 6.26. The van der Waals surface area contributed by atoms with Crippen molar-refractivity contribution < 1.29 is 14.8 Å². The van der Waals surface area contributed by atoms with Crippen LogP contribution in [0.1, 0.15) is 11.1 Å². The van der Waals surface area contributed by atoms with Gasteiger partial charge in [0.25, 0.3) is 5.69 Å². The molecular weight excluding hydrogens is 270 g/mol. The number of nitro benzene ring substituents is 1. The van der Waals surface area contributed by atoms with Gasteiger partial charge in [-0.2, -0.15) is 0 Å². The Balaban J connectivity index is 2.07. The third kappa shape index (κ3) is 3.81. The summed E-state index contributed by atoms with van der Waals surface area (Å²) in [4.78, 5) is 10.4. The van der Waals surface area contributed by atoms with E-state index in [0.717, 1.165) is 0 Å². The lowest BCUT2D eigenvalue weighted by atomic mass is 10.2. The van der Waals surface area contributed by atoms with E-state index in [1.165, 1.54) is 6.07 Å². The SMILES string of the molecule is O=[N+]([O-])c1ccccc1C#CCOc1ccccc1CO. The second-order valence-corrected chi connectivity index (χ2v) is 4.13. The van der Waals surface area contributed by atoms with E-state index in [1.807, 2.05) is 0 Å². The normalized spacial score (nSPS) is 9.57. The molecule has 5 heteroatoms. The van der Waals surface area contributed by atoms with E-state index in [0.29, 0.717) is 16.9 Å². The average molecular weight is 283 g/mol. The molecule has 0 amide bonds. The van der Waals surface area contributed by atoms with Gasteiger partial charge in [0, 0.05) is 11.6 Å². The molecule has 21 heavy (non-hydrogen) atoms. The van der Waals surface area contributed by atoms with Crippen LogP contribution >= 0.6 is 0 Å². The monoisotopic (exact) mass is 283 g/mol. The van der Waals surface area contributed by atoms with E-state index < -0.39 is 4.92 Å². The number of aliphatic hydroxyl groups is 1. The second-order valence-electron chi connectivity index (χ2n) is 4.13. The highest BCUT2D eigenvalue weighted by molar-refractivity contribution is 5.50. The van der Waals surface area contributed by atoms with Crippen LogP contribution in [0, 0.1) is 22.0 Å². The Morgan fingerprint density at radius 3 is 2.62 bits per heavy atom. The third-order valence-corrected chi connectivity index (χ3v) is 2.77. The number of para-hydroxylation sites is 2. The lowest BCUT2D eigenvalue weighted by Gasteiger charge is -2.06. The Bertz CT molecular complexity index is 701. The Morgan fingerprint density at radius 1 is 1.14 bits per heavy atom. The molecule has 5 nitrogen and oxygen atoms in total. The number of benzene rings is 2. The van der Waals surface area contributed by atoms with Gasteiger partial charge in [-0.05, 0) is 12.1 Å². The lowest BCUT2D eigenvalue weighted by molar-refractivity contribution is -0.385. The third-order valence-electron chi connectivity index (χ3n) is 2.77. The Labute approximate surface area is 122 Å². The molecule has 2 rings (SSSR count). The molecule has 0 fully saturated rings. The van der Waals surface area contributed by atoms with Gasteiger partial charge in [-0.25, -0.2) is 0 Å². The number of hydrogen-bond donors (Lipinski definition) is 1.